The van der Waals surface area contributed by atoms with Crippen molar-refractivity contribution >= 4 is 5.78 Å². The van der Waals surface area contributed by atoms with Crippen LogP contribution in [0.15, 0.2) is 0 Å². The molecule has 0 aromatic rings. The van der Waals surface area contributed by atoms with Crippen LogP contribution in [0.25, 0.3) is 0 Å². The number of carbonyl (C=O) groups excluding carboxylic acids is 1. The quantitative estimate of drug-likeness (QED) is 0.536. The second-order valence-corrected chi connectivity index (χ2v) is 3.39. The van der Waals surface area contributed by atoms with Crippen LogP contribution < -0.4 is 0 Å². The van der Waals surface area contributed by atoms with Crippen molar-refractivity contribution in [3.63, 3.8) is 0 Å². The van der Waals surface area contributed by atoms with Gasteiger partial charge in [-0.1, -0.05) is 0 Å². The first kappa shape index (κ1) is 7.25. The van der Waals surface area contributed by atoms with E-state index in [0.717, 1.165) is 12.8 Å². The first-order valence-electron chi connectivity index (χ1n) is 4.08. The van der Waals surface area contributed by atoms with Crippen molar-refractivity contribution in [3.8, 4) is 0 Å². The van der Waals surface area contributed by atoms with Gasteiger partial charge < -0.3 is 9.84 Å². The molecule has 1 N–H and O–H groups in total. The van der Waals surface area contributed by atoms with E-state index in [1.807, 2.05) is 0 Å². The second-order valence-electron chi connectivity index (χ2n) is 3.39. The van der Waals surface area contributed by atoms with E-state index in [4.69, 9.17) is 4.74 Å². The standard InChI is InChI=1S/C8H12O3/c9-7-2-1-5-3-11-4-6(7)8(5)10/h5-7,9H,1-4H2/t5-,6-,7+/m0/s1. The molecule has 62 valence electrons. The number of ether oxygens (including phenoxy) is 1. The van der Waals surface area contributed by atoms with Gasteiger partial charge in [-0.05, 0) is 12.8 Å². The van der Waals surface area contributed by atoms with Gasteiger partial charge in [0, 0.05) is 5.92 Å². The van der Waals surface area contributed by atoms with Crippen LogP contribution >= 0.6 is 0 Å². The van der Waals surface area contributed by atoms with Crippen molar-refractivity contribution in [2.75, 3.05) is 13.2 Å². The summed E-state index contributed by atoms with van der Waals surface area (Å²) in [4.78, 5) is 11.4. The minimum atomic E-state index is -0.445. The van der Waals surface area contributed by atoms with Gasteiger partial charge in [-0.2, -0.15) is 0 Å². The zero-order valence-corrected chi connectivity index (χ0v) is 6.32. The van der Waals surface area contributed by atoms with Crippen molar-refractivity contribution in [2.24, 2.45) is 11.8 Å². The van der Waals surface area contributed by atoms with Crippen LogP contribution in [0.2, 0.25) is 0 Å². The minimum absolute atomic E-state index is 0.0807. The molecule has 1 saturated heterocycles. The first-order valence-corrected chi connectivity index (χ1v) is 4.08. The molecule has 0 aromatic carbocycles. The summed E-state index contributed by atoms with van der Waals surface area (Å²) in [7, 11) is 0. The van der Waals surface area contributed by atoms with Crippen molar-refractivity contribution in [3.05, 3.63) is 0 Å². The van der Waals surface area contributed by atoms with Crippen LogP contribution in [0.1, 0.15) is 12.8 Å². The smallest absolute Gasteiger partial charge is 0.146 e. The van der Waals surface area contributed by atoms with Gasteiger partial charge in [0.1, 0.15) is 5.78 Å². The molecule has 2 rings (SSSR count). The molecule has 0 radical (unpaired) electrons. The third-order valence-corrected chi connectivity index (χ3v) is 2.66. The summed E-state index contributed by atoms with van der Waals surface area (Å²) in [5.41, 5.74) is 0. The molecule has 1 aliphatic carbocycles. The Balaban J connectivity index is 2.16. The molecule has 1 heterocycles. The van der Waals surface area contributed by atoms with Gasteiger partial charge in [0.25, 0.3) is 0 Å². The Morgan fingerprint density at radius 1 is 1.36 bits per heavy atom. The summed E-state index contributed by atoms with van der Waals surface area (Å²) >= 11 is 0. The average molecular weight is 156 g/mol. The Kier molecular flexibility index (Phi) is 1.69. The Bertz CT molecular complexity index is 178. The van der Waals surface area contributed by atoms with Crippen LogP contribution in [0.4, 0.5) is 0 Å². The number of fused-ring (bicyclic) bond motifs is 2. The topological polar surface area (TPSA) is 46.5 Å². The number of ketones is 1. The highest BCUT2D eigenvalue weighted by molar-refractivity contribution is 5.85. The summed E-state index contributed by atoms with van der Waals surface area (Å²) in [6, 6.07) is 0. The van der Waals surface area contributed by atoms with Crippen LogP contribution in [0.5, 0.6) is 0 Å². The number of hydrogen-bond donors (Lipinski definition) is 1. The molecule has 3 nitrogen and oxygen atoms in total. The molecule has 0 spiro atoms. The molecular formula is C8H12O3. The van der Waals surface area contributed by atoms with Crippen LogP contribution in [-0.2, 0) is 9.53 Å². The van der Waals surface area contributed by atoms with Crippen molar-refractivity contribution in [2.45, 2.75) is 18.9 Å². The Morgan fingerprint density at radius 2 is 2.18 bits per heavy atom. The summed E-state index contributed by atoms with van der Waals surface area (Å²) in [6.07, 6.45) is 1.13. The zero-order valence-electron chi connectivity index (χ0n) is 6.32. The van der Waals surface area contributed by atoms with E-state index in [-0.39, 0.29) is 17.6 Å². The molecule has 2 bridgehead atoms. The van der Waals surface area contributed by atoms with Crippen LogP contribution in [-0.4, -0.2) is 30.2 Å². The number of aliphatic hydroxyl groups excluding tert-OH is 1. The van der Waals surface area contributed by atoms with Crippen molar-refractivity contribution in [1.29, 1.82) is 0 Å². The predicted molar refractivity (Wildman–Crippen MR) is 38.0 cm³/mol. The average Bonchev–Trinajstić information content (AvgIpc) is 1.98. The lowest BCUT2D eigenvalue weighted by molar-refractivity contribution is -0.149. The predicted octanol–water partition coefficient (Wildman–Crippen LogP) is -0.0272. The van der Waals surface area contributed by atoms with E-state index in [1.54, 1.807) is 0 Å². The molecule has 3 heteroatoms. The number of aliphatic hydroxyl groups is 1. The van der Waals surface area contributed by atoms with E-state index in [2.05, 4.69) is 0 Å². The van der Waals surface area contributed by atoms with E-state index >= 15 is 0 Å². The van der Waals surface area contributed by atoms with E-state index in [9.17, 15) is 9.90 Å². The molecule has 11 heavy (non-hydrogen) atoms. The SMILES string of the molecule is O=C1[C@H]2CC[C@@H](O)[C@@H]1COC2. The van der Waals surface area contributed by atoms with Gasteiger partial charge in [0.05, 0.1) is 25.2 Å². The molecular weight excluding hydrogens is 144 g/mol. The Labute approximate surface area is 65.4 Å². The summed E-state index contributed by atoms with van der Waals surface area (Å²) in [5, 5.41) is 9.39. The maximum absolute atomic E-state index is 11.4. The van der Waals surface area contributed by atoms with Crippen molar-refractivity contribution in [1.82, 2.24) is 0 Å². The molecule has 2 aliphatic rings. The van der Waals surface area contributed by atoms with E-state index < -0.39 is 6.10 Å². The second kappa shape index (κ2) is 2.57. The Hall–Kier alpha value is -0.410. The maximum atomic E-state index is 11.4. The zero-order chi connectivity index (χ0) is 7.84. The fourth-order valence-corrected chi connectivity index (χ4v) is 1.90. The molecule has 2 fully saturated rings. The highest BCUT2D eigenvalue weighted by atomic mass is 16.5. The van der Waals surface area contributed by atoms with E-state index in [0.29, 0.717) is 13.2 Å². The molecule has 1 saturated carbocycles. The summed E-state index contributed by atoms with van der Waals surface area (Å²) < 4.78 is 5.20. The van der Waals surface area contributed by atoms with Crippen LogP contribution in [0, 0.1) is 11.8 Å². The monoisotopic (exact) mass is 156 g/mol. The summed E-state index contributed by atoms with van der Waals surface area (Å²) in [5.74, 6) is 0.0784. The Morgan fingerprint density at radius 3 is 2.91 bits per heavy atom. The maximum Gasteiger partial charge on any atom is 0.146 e. The summed E-state index contributed by atoms with van der Waals surface area (Å²) in [6.45, 7) is 0.999. The van der Waals surface area contributed by atoms with Gasteiger partial charge in [-0.3, -0.25) is 4.79 Å². The van der Waals surface area contributed by atoms with Gasteiger partial charge in [0.2, 0.25) is 0 Å². The van der Waals surface area contributed by atoms with Gasteiger partial charge >= 0.3 is 0 Å². The first-order chi connectivity index (χ1) is 5.29. The van der Waals surface area contributed by atoms with E-state index in [1.165, 1.54) is 0 Å². The van der Waals surface area contributed by atoms with Crippen molar-refractivity contribution < 1.29 is 14.6 Å². The minimum Gasteiger partial charge on any atom is -0.392 e. The number of rotatable bonds is 0. The van der Waals surface area contributed by atoms with Gasteiger partial charge in [-0.25, -0.2) is 0 Å². The fourth-order valence-electron chi connectivity index (χ4n) is 1.90. The molecule has 0 amide bonds. The number of Topliss-reactive ketones (excluding diaryl/α,β-unsaturated/α-hetero) is 1. The lowest BCUT2D eigenvalue weighted by Crippen LogP contribution is -2.46. The number of carbonyl (C=O) groups is 1. The highest BCUT2D eigenvalue weighted by Gasteiger charge is 2.40. The molecule has 1 aliphatic heterocycles. The lowest BCUT2D eigenvalue weighted by Gasteiger charge is -2.35. The third-order valence-electron chi connectivity index (χ3n) is 2.66. The molecule has 0 aromatic heterocycles. The molecule has 0 unspecified atom stereocenters. The molecule has 3 atom stereocenters. The number of hydrogen-bond acceptors (Lipinski definition) is 3. The fraction of sp³-hybridized carbons (Fsp3) is 0.875. The lowest BCUT2D eigenvalue weighted by atomic mass is 9.77. The normalized spacial score (nSPS) is 44.1. The largest absolute Gasteiger partial charge is 0.392 e. The van der Waals surface area contributed by atoms with Gasteiger partial charge in [-0.15, -0.1) is 0 Å². The van der Waals surface area contributed by atoms with Gasteiger partial charge in [0.15, 0.2) is 0 Å². The third kappa shape index (κ3) is 1.08. The van der Waals surface area contributed by atoms with Crippen LogP contribution in [0.3, 0.4) is 0 Å². The highest BCUT2D eigenvalue weighted by Crippen LogP contribution is 2.30.